The molecule has 3 aromatic rings. The SMILES string of the molecule is CC(C)(C)OC(=O)[N+]1(OC(=O)c2ccc(OC3CCCCO3)cc2)CCCCC(NC(=O)c2ccc(OC(=O)c3ccc(OC4CCCCO4)cc3)cc2)C1. The van der Waals surface area contributed by atoms with E-state index in [2.05, 4.69) is 5.32 Å². The van der Waals surface area contributed by atoms with Crippen LogP contribution in [0.3, 0.4) is 0 Å². The van der Waals surface area contributed by atoms with Crippen LogP contribution in [0.5, 0.6) is 17.2 Å². The van der Waals surface area contributed by atoms with E-state index < -0.39 is 40.2 Å². The molecule has 13 nitrogen and oxygen atoms in total. The third kappa shape index (κ3) is 11.3. The molecule has 294 valence electrons. The minimum atomic E-state index is -0.854. The molecule has 55 heavy (non-hydrogen) atoms. The van der Waals surface area contributed by atoms with Gasteiger partial charge in [-0.2, -0.15) is 4.79 Å². The first-order chi connectivity index (χ1) is 26.4. The number of benzene rings is 3. The van der Waals surface area contributed by atoms with Gasteiger partial charge in [0, 0.05) is 24.8 Å². The van der Waals surface area contributed by atoms with E-state index in [9.17, 15) is 19.2 Å². The lowest BCUT2D eigenvalue weighted by molar-refractivity contribution is -1.03. The summed E-state index contributed by atoms with van der Waals surface area (Å²) < 4.78 is 33.6. The van der Waals surface area contributed by atoms with Crippen LogP contribution in [-0.4, -0.2) is 79.1 Å². The highest BCUT2D eigenvalue weighted by Gasteiger charge is 2.49. The number of hydrogen-bond acceptors (Lipinski definition) is 11. The Morgan fingerprint density at radius 2 is 1.15 bits per heavy atom. The average molecular weight is 760 g/mol. The van der Waals surface area contributed by atoms with Crippen molar-refractivity contribution in [3.05, 3.63) is 89.5 Å². The maximum atomic E-state index is 13.8. The van der Waals surface area contributed by atoms with Crippen molar-refractivity contribution >= 4 is 23.9 Å². The minimum Gasteiger partial charge on any atom is -0.465 e. The van der Waals surface area contributed by atoms with E-state index in [1.807, 2.05) is 0 Å². The summed E-state index contributed by atoms with van der Waals surface area (Å²) in [4.78, 5) is 59.8. The number of esters is 1. The van der Waals surface area contributed by atoms with Crippen molar-refractivity contribution in [2.75, 3.05) is 26.3 Å². The van der Waals surface area contributed by atoms with Crippen molar-refractivity contribution in [2.45, 2.75) is 103 Å². The fraction of sp³-hybridized carbons (Fsp3) is 0.476. The molecule has 3 heterocycles. The topological polar surface area (TPSA) is 145 Å². The fourth-order valence-electron chi connectivity index (χ4n) is 6.62. The van der Waals surface area contributed by atoms with Gasteiger partial charge in [-0.1, -0.05) is 0 Å². The molecule has 13 heteroatoms. The second kappa shape index (κ2) is 18.1. The lowest BCUT2D eigenvalue weighted by Gasteiger charge is -2.34. The summed E-state index contributed by atoms with van der Waals surface area (Å²) in [5, 5.41) is 3.02. The molecule has 3 aliphatic heterocycles. The molecule has 6 rings (SSSR count). The van der Waals surface area contributed by atoms with Crippen LogP contribution in [-0.2, 0) is 19.0 Å². The number of rotatable bonds is 9. The molecule has 0 aromatic heterocycles. The van der Waals surface area contributed by atoms with Gasteiger partial charge in [0.1, 0.15) is 29.4 Å². The largest absolute Gasteiger partial charge is 0.559 e. The molecule has 3 aliphatic rings. The number of carbonyl (C=O) groups is 4. The van der Waals surface area contributed by atoms with Crippen molar-refractivity contribution in [2.24, 2.45) is 0 Å². The van der Waals surface area contributed by atoms with Gasteiger partial charge in [0.25, 0.3) is 5.91 Å². The molecular formula is C42H51N2O11+. The summed E-state index contributed by atoms with van der Waals surface area (Å²) in [6, 6.07) is 18.8. The van der Waals surface area contributed by atoms with Gasteiger partial charge in [-0.25, -0.2) is 9.59 Å². The lowest BCUT2D eigenvalue weighted by Crippen LogP contribution is -2.60. The standard InChI is InChI=1S/C42H50N2O11/c1-42(2,3)54-41(48)44(55-40(47)31-17-23-34(24-18-31)52-37-12-6-9-27-50-37)25-7-4-10-32(28-44)43-38(45)29-13-19-35(20-14-29)53-39(46)30-15-21-33(22-16-30)51-36-11-5-8-26-49-36/h13-24,32,36-37H,4-12,25-28H2,1-3H3/p+1. The van der Waals surface area contributed by atoms with Gasteiger partial charge in [-0.3, -0.25) is 9.63 Å². The highest BCUT2D eigenvalue weighted by atomic mass is 16.8. The molecule has 1 N–H and O–H groups in total. The quantitative estimate of drug-likeness (QED) is 0.131. The number of carbonyl (C=O) groups excluding carboxylic acids is 4. The van der Waals surface area contributed by atoms with Gasteiger partial charge in [-0.15, -0.1) is 0 Å². The van der Waals surface area contributed by atoms with E-state index in [0.29, 0.717) is 55.1 Å². The number of hydrogen-bond donors (Lipinski definition) is 1. The predicted molar refractivity (Wildman–Crippen MR) is 199 cm³/mol. The Bertz CT molecular complexity index is 1760. The van der Waals surface area contributed by atoms with Crippen LogP contribution in [0.1, 0.15) is 110 Å². The molecule has 0 bridgehead atoms. The summed E-state index contributed by atoms with van der Waals surface area (Å²) in [6.07, 6.45) is 6.16. The van der Waals surface area contributed by atoms with Crippen LogP contribution >= 0.6 is 0 Å². The molecule has 3 saturated heterocycles. The highest BCUT2D eigenvalue weighted by molar-refractivity contribution is 5.95. The van der Waals surface area contributed by atoms with Gasteiger partial charge in [0.2, 0.25) is 0 Å². The second-order valence-electron chi connectivity index (χ2n) is 15.1. The molecule has 3 fully saturated rings. The zero-order valence-electron chi connectivity index (χ0n) is 31.8. The monoisotopic (exact) mass is 759 g/mol. The van der Waals surface area contributed by atoms with Gasteiger partial charge < -0.3 is 33.7 Å². The molecular weight excluding hydrogens is 708 g/mol. The van der Waals surface area contributed by atoms with Crippen LogP contribution in [0.25, 0.3) is 0 Å². The third-order valence-corrected chi connectivity index (χ3v) is 9.47. The normalized spacial score (nSPS) is 23.0. The van der Waals surface area contributed by atoms with E-state index in [0.717, 1.165) is 38.5 Å². The molecule has 0 saturated carbocycles. The Balaban J connectivity index is 1.08. The van der Waals surface area contributed by atoms with E-state index in [1.165, 1.54) is 0 Å². The molecule has 0 aliphatic carbocycles. The fourth-order valence-corrected chi connectivity index (χ4v) is 6.62. The molecule has 4 unspecified atom stereocenters. The van der Waals surface area contributed by atoms with E-state index >= 15 is 0 Å². The first-order valence-corrected chi connectivity index (χ1v) is 19.2. The summed E-state index contributed by atoms with van der Waals surface area (Å²) in [6.45, 7) is 6.71. The van der Waals surface area contributed by atoms with Gasteiger partial charge in [0.15, 0.2) is 19.1 Å². The average Bonchev–Trinajstić information content (AvgIpc) is 3.38. The molecule has 3 aromatic carbocycles. The Morgan fingerprint density at radius 3 is 1.67 bits per heavy atom. The van der Waals surface area contributed by atoms with Crippen molar-refractivity contribution < 1.29 is 57.1 Å². The number of ether oxygens (including phenoxy) is 6. The smallest absolute Gasteiger partial charge is 0.465 e. The maximum Gasteiger partial charge on any atom is 0.559 e. The van der Waals surface area contributed by atoms with Crippen molar-refractivity contribution in [3.8, 4) is 17.2 Å². The van der Waals surface area contributed by atoms with Crippen molar-refractivity contribution in [1.29, 1.82) is 0 Å². The molecule has 4 atom stereocenters. The van der Waals surface area contributed by atoms with Crippen LogP contribution in [0, 0.1) is 0 Å². The zero-order chi connectivity index (χ0) is 38.8. The molecule has 0 spiro atoms. The predicted octanol–water partition coefficient (Wildman–Crippen LogP) is 7.52. The number of quaternary nitrogens is 1. The third-order valence-electron chi connectivity index (χ3n) is 9.47. The Morgan fingerprint density at radius 1 is 0.636 bits per heavy atom. The van der Waals surface area contributed by atoms with E-state index in [1.54, 1.807) is 93.6 Å². The minimum absolute atomic E-state index is 0.0280. The Labute approximate surface area is 321 Å². The first-order valence-electron chi connectivity index (χ1n) is 19.2. The highest BCUT2D eigenvalue weighted by Crippen LogP contribution is 2.27. The molecule has 0 radical (unpaired) electrons. The zero-order valence-corrected chi connectivity index (χ0v) is 31.8. The van der Waals surface area contributed by atoms with Gasteiger partial charge >= 0.3 is 18.0 Å². The van der Waals surface area contributed by atoms with Crippen molar-refractivity contribution in [3.63, 3.8) is 0 Å². The van der Waals surface area contributed by atoms with Crippen molar-refractivity contribution in [1.82, 2.24) is 5.32 Å². The van der Waals surface area contributed by atoms with Gasteiger partial charge in [-0.05, 0) is 137 Å². The number of likely N-dealkylation sites (tertiary alicyclic amines) is 1. The number of amides is 2. The Hall–Kier alpha value is -4.98. The lowest BCUT2D eigenvalue weighted by atomic mass is 10.1. The van der Waals surface area contributed by atoms with Gasteiger partial charge in [0.05, 0.1) is 30.4 Å². The van der Waals surface area contributed by atoms with Crippen LogP contribution in [0.4, 0.5) is 4.79 Å². The van der Waals surface area contributed by atoms with E-state index in [-0.39, 0.29) is 37.0 Å². The number of nitrogens with zero attached hydrogens (tertiary/aromatic N) is 1. The van der Waals surface area contributed by atoms with E-state index in [4.69, 9.17) is 33.3 Å². The summed E-state index contributed by atoms with van der Waals surface area (Å²) in [7, 11) is 0. The van der Waals surface area contributed by atoms with Crippen LogP contribution in [0.15, 0.2) is 72.8 Å². The maximum absolute atomic E-state index is 13.8. The van der Waals surface area contributed by atoms with Crippen LogP contribution < -0.4 is 19.5 Å². The number of nitrogens with one attached hydrogen (secondary N) is 1. The summed E-state index contributed by atoms with van der Waals surface area (Å²) in [5.41, 5.74) is 0.0471. The summed E-state index contributed by atoms with van der Waals surface area (Å²) in [5.74, 6) is -0.226. The Kier molecular flexibility index (Phi) is 13.1. The first kappa shape index (κ1) is 39.7. The molecule has 2 amide bonds. The summed E-state index contributed by atoms with van der Waals surface area (Å²) >= 11 is 0. The number of hydroxylamine groups is 3. The second-order valence-corrected chi connectivity index (χ2v) is 15.1. The van der Waals surface area contributed by atoms with Crippen LogP contribution in [0.2, 0.25) is 0 Å².